The molecule has 1 aromatic rings. The molecule has 2 rings (SSSR count). The van der Waals surface area contributed by atoms with Crippen molar-refractivity contribution >= 4 is 17.7 Å². The van der Waals surface area contributed by atoms with Crippen molar-refractivity contribution in [3.63, 3.8) is 0 Å². The number of esters is 2. The summed E-state index contributed by atoms with van der Waals surface area (Å²) >= 11 is 0. The Kier molecular flexibility index (Phi) is 8.21. The van der Waals surface area contributed by atoms with Crippen LogP contribution in [0.15, 0.2) is 24.3 Å². The SMILES string of the molecule is CCCCCCC(C(=O)OCC)(C(=O)OCC)c1ccc(C(=O)C2CC2)cc1. The lowest BCUT2D eigenvalue weighted by atomic mass is 9.75. The lowest BCUT2D eigenvalue weighted by molar-refractivity contribution is -0.165. The maximum atomic E-state index is 13.0. The van der Waals surface area contributed by atoms with Crippen LogP contribution in [0, 0.1) is 5.92 Å². The molecule has 0 heterocycles. The van der Waals surface area contributed by atoms with Gasteiger partial charge in [0.15, 0.2) is 11.2 Å². The quantitative estimate of drug-likeness (QED) is 0.226. The summed E-state index contributed by atoms with van der Waals surface area (Å²) in [6.07, 6.45) is 5.95. The molecule has 154 valence electrons. The molecule has 1 saturated carbocycles. The van der Waals surface area contributed by atoms with E-state index in [1.807, 2.05) is 0 Å². The highest BCUT2D eigenvalue weighted by Crippen LogP contribution is 2.36. The lowest BCUT2D eigenvalue weighted by Crippen LogP contribution is -2.46. The van der Waals surface area contributed by atoms with Gasteiger partial charge >= 0.3 is 11.9 Å². The lowest BCUT2D eigenvalue weighted by Gasteiger charge is -2.30. The molecule has 0 radical (unpaired) electrons. The Bertz CT molecular complexity index is 655. The first-order valence-electron chi connectivity index (χ1n) is 10.5. The van der Waals surface area contributed by atoms with Gasteiger partial charge in [0.05, 0.1) is 13.2 Å². The second-order valence-corrected chi connectivity index (χ2v) is 7.37. The fourth-order valence-corrected chi connectivity index (χ4v) is 3.49. The average molecular weight is 389 g/mol. The molecule has 5 heteroatoms. The predicted molar refractivity (Wildman–Crippen MR) is 107 cm³/mol. The van der Waals surface area contributed by atoms with Crippen LogP contribution in [0.2, 0.25) is 0 Å². The fourth-order valence-electron chi connectivity index (χ4n) is 3.49. The van der Waals surface area contributed by atoms with Crippen molar-refractivity contribution in [3.05, 3.63) is 35.4 Å². The summed E-state index contributed by atoms with van der Waals surface area (Å²) in [6.45, 7) is 5.94. The van der Waals surface area contributed by atoms with Gasteiger partial charge in [-0.2, -0.15) is 0 Å². The van der Waals surface area contributed by atoms with Crippen molar-refractivity contribution in [3.8, 4) is 0 Å². The zero-order valence-corrected chi connectivity index (χ0v) is 17.3. The Morgan fingerprint density at radius 2 is 1.46 bits per heavy atom. The third-order valence-corrected chi connectivity index (χ3v) is 5.26. The number of Topliss-reactive ketones (excluding diaryl/α,β-unsaturated/α-hetero) is 1. The molecule has 5 nitrogen and oxygen atoms in total. The summed E-state index contributed by atoms with van der Waals surface area (Å²) in [5, 5.41) is 0. The van der Waals surface area contributed by atoms with E-state index in [0.29, 0.717) is 24.0 Å². The van der Waals surface area contributed by atoms with Crippen LogP contribution in [0.25, 0.3) is 0 Å². The molecule has 0 amide bonds. The second kappa shape index (κ2) is 10.4. The van der Waals surface area contributed by atoms with Crippen molar-refractivity contribution in [2.75, 3.05) is 13.2 Å². The van der Waals surface area contributed by atoms with E-state index >= 15 is 0 Å². The zero-order valence-electron chi connectivity index (χ0n) is 17.3. The highest BCUT2D eigenvalue weighted by Gasteiger charge is 2.50. The van der Waals surface area contributed by atoms with Gasteiger partial charge in [-0.05, 0) is 38.7 Å². The molecular formula is C23H32O5. The molecule has 0 spiro atoms. The van der Waals surface area contributed by atoms with E-state index in [1.54, 1.807) is 38.1 Å². The number of hydrogen-bond donors (Lipinski definition) is 0. The average Bonchev–Trinajstić information content (AvgIpc) is 3.53. The van der Waals surface area contributed by atoms with Gasteiger partial charge in [0, 0.05) is 11.5 Å². The molecule has 0 aliphatic heterocycles. The predicted octanol–water partition coefficient (Wildman–Crippen LogP) is 4.61. The van der Waals surface area contributed by atoms with E-state index in [1.165, 1.54) is 0 Å². The molecule has 1 fully saturated rings. The third-order valence-electron chi connectivity index (χ3n) is 5.26. The molecule has 1 aliphatic rings. The van der Waals surface area contributed by atoms with Gasteiger partial charge < -0.3 is 9.47 Å². The van der Waals surface area contributed by atoms with E-state index in [9.17, 15) is 14.4 Å². The van der Waals surface area contributed by atoms with E-state index in [2.05, 4.69) is 6.92 Å². The Balaban J connectivity index is 2.39. The number of ketones is 1. The Morgan fingerprint density at radius 3 is 1.93 bits per heavy atom. The topological polar surface area (TPSA) is 69.7 Å². The van der Waals surface area contributed by atoms with Crippen LogP contribution < -0.4 is 0 Å². The summed E-state index contributed by atoms with van der Waals surface area (Å²) in [6, 6.07) is 6.86. The number of benzene rings is 1. The minimum Gasteiger partial charge on any atom is -0.465 e. The summed E-state index contributed by atoms with van der Waals surface area (Å²) in [4.78, 5) is 38.3. The Hall–Kier alpha value is -2.17. The third kappa shape index (κ3) is 5.00. The molecule has 0 saturated heterocycles. The van der Waals surface area contributed by atoms with Crippen molar-refractivity contribution in [1.82, 2.24) is 0 Å². The first-order valence-corrected chi connectivity index (χ1v) is 10.5. The summed E-state index contributed by atoms with van der Waals surface area (Å²) in [7, 11) is 0. The number of unbranched alkanes of at least 4 members (excludes halogenated alkanes) is 3. The van der Waals surface area contributed by atoms with Gasteiger partial charge in [0.2, 0.25) is 0 Å². The molecule has 1 aromatic carbocycles. The molecule has 0 N–H and O–H groups in total. The van der Waals surface area contributed by atoms with Crippen molar-refractivity contribution in [1.29, 1.82) is 0 Å². The van der Waals surface area contributed by atoms with Crippen LogP contribution >= 0.6 is 0 Å². The maximum Gasteiger partial charge on any atom is 0.328 e. The second-order valence-electron chi connectivity index (χ2n) is 7.37. The molecule has 0 atom stereocenters. The Morgan fingerprint density at radius 1 is 0.893 bits per heavy atom. The van der Waals surface area contributed by atoms with Gasteiger partial charge in [0.25, 0.3) is 0 Å². The van der Waals surface area contributed by atoms with Crippen LogP contribution in [0.1, 0.15) is 81.6 Å². The highest BCUT2D eigenvalue weighted by atomic mass is 16.6. The minimum absolute atomic E-state index is 0.125. The van der Waals surface area contributed by atoms with E-state index in [-0.39, 0.29) is 24.9 Å². The van der Waals surface area contributed by atoms with Gasteiger partial charge in [-0.3, -0.25) is 14.4 Å². The molecule has 28 heavy (non-hydrogen) atoms. The molecule has 0 bridgehead atoms. The number of hydrogen-bond acceptors (Lipinski definition) is 5. The van der Waals surface area contributed by atoms with Crippen LogP contribution in [0.3, 0.4) is 0 Å². The van der Waals surface area contributed by atoms with Crippen molar-refractivity contribution < 1.29 is 23.9 Å². The maximum absolute atomic E-state index is 13.0. The minimum atomic E-state index is -1.49. The fraction of sp³-hybridized carbons (Fsp3) is 0.609. The van der Waals surface area contributed by atoms with Gasteiger partial charge in [0.1, 0.15) is 0 Å². The smallest absolute Gasteiger partial charge is 0.328 e. The van der Waals surface area contributed by atoms with Gasteiger partial charge in [-0.1, -0.05) is 56.9 Å². The van der Waals surface area contributed by atoms with Crippen LogP contribution in [-0.2, 0) is 24.5 Å². The van der Waals surface area contributed by atoms with E-state index in [0.717, 1.165) is 32.1 Å². The first kappa shape index (κ1) is 22.1. The van der Waals surface area contributed by atoms with Crippen LogP contribution in [-0.4, -0.2) is 30.9 Å². The number of ether oxygens (including phenoxy) is 2. The molecular weight excluding hydrogens is 356 g/mol. The normalized spacial score (nSPS) is 13.8. The Labute approximate surface area is 167 Å². The van der Waals surface area contributed by atoms with Crippen molar-refractivity contribution in [2.45, 2.75) is 71.1 Å². The first-order chi connectivity index (χ1) is 13.5. The monoisotopic (exact) mass is 388 g/mol. The van der Waals surface area contributed by atoms with Crippen LogP contribution in [0.5, 0.6) is 0 Å². The molecule has 1 aliphatic carbocycles. The number of carbonyl (C=O) groups is 3. The van der Waals surface area contributed by atoms with Crippen LogP contribution in [0.4, 0.5) is 0 Å². The number of rotatable bonds is 12. The number of carbonyl (C=O) groups excluding carboxylic acids is 3. The van der Waals surface area contributed by atoms with Gasteiger partial charge in [-0.15, -0.1) is 0 Å². The zero-order chi connectivity index (χ0) is 20.6. The summed E-state index contributed by atoms with van der Waals surface area (Å²) in [5.41, 5.74) is -0.326. The van der Waals surface area contributed by atoms with E-state index < -0.39 is 17.4 Å². The highest BCUT2D eigenvalue weighted by molar-refractivity contribution is 6.06. The standard InChI is InChI=1S/C23H32O5/c1-4-7-8-9-16-23(21(25)27-5-2,22(26)28-6-3)19-14-12-18(13-15-19)20(24)17-10-11-17/h12-15,17H,4-11,16H2,1-3H3. The molecule has 0 aromatic heterocycles. The summed E-state index contributed by atoms with van der Waals surface area (Å²) < 4.78 is 10.6. The molecule has 0 unspecified atom stereocenters. The van der Waals surface area contributed by atoms with Crippen molar-refractivity contribution in [2.24, 2.45) is 5.92 Å². The largest absolute Gasteiger partial charge is 0.465 e. The summed E-state index contributed by atoms with van der Waals surface area (Å²) in [5.74, 6) is -0.899. The van der Waals surface area contributed by atoms with E-state index in [4.69, 9.17) is 9.47 Å². The van der Waals surface area contributed by atoms with Gasteiger partial charge in [-0.25, -0.2) is 0 Å².